The first kappa shape index (κ1) is 27.3. The largest absolute Gasteiger partial charge is 0.489 e. The van der Waals surface area contributed by atoms with Crippen LogP contribution in [0, 0.1) is 5.41 Å². The van der Waals surface area contributed by atoms with Crippen LogP contribution in [0.1, 0.15) is 48.5 Å². The molecule has 1 aliphatic carbocycles. The Morgan fingerprint density at radius 3 is 2.65 bits per heavy atom. The molecule has 2 saturated heterocycles. The number of pyridine rings is 1. The number of ether oxygens (including phenoxy) is 2. The fourth-order valence-corrected chi connectivity index (χ4v) is 6.99. The molecule has 3 N–H and O–H groups in total. The van der Waals surface area contributed by atoms with E-state index in [0.29, 0.717) is 54.6 Å². The van der Waals surface area contributed by atoms with Gasteiger partial charge in [-0.15, -0.1) is 0 Å². The molecule has 4 aliphatic rings. The Balaban J connectivity index is 1.30. The van der Waals surface area contributed by atoms with Gasteiger partial charge in [-0.1, -0.05) is 0 Å². The van der Waals surface area contributed by atoms with Crippen molar-refractivity contribution in [3.63, 3.8) is 0 Å². The van der Waals surface area contributed by atoms with E-state index in [2.05, 4.69) is 19.8 Å². The monoisotopic (exact) mass is 571 g/mol. The second-order valence-corrected chi connectivity index (χ2v) is 13.1. The Morgan fingerprint density at radius 1 is 1.12 bits per heavy atom. The average Bonchev–Trinajstić information content (AvgIpc) is 3.53. The number of hydrogen-bond donors (Lipinski definition) is 3. The van der Waals surface area contributed by atoms with E-state index in [1.165, 1.54) is 18.9 Å². The van der Waals surface area contributed by atoms with Crippen molar-refractivity contribution in [2.75, 3.05) is 67.7 Å². The number of aromatic nitrogens is 1. The highest BCUT2D eigenvalue weighted by atomic mass is 32.2. The van der Waals surface area contributed by atoms with Crippen molar-refractivity contribution in [2.45, 2.75) is 50.0 Å². The van der Waals surface area contributed by atoms with Gasteiger partial charge < -0.3 is 29.7 Å². The topological polar surface area (TPSA) is 133 Å². The maximum absolute atomic E-state index is 13.7. The molecule has 0 bridgehead atoms. The summed E-state index contributed by atoms with van der Waals surface area (Å²) in [5, 5.41) is 12.1. The first-order valence-electron chi connectivity index (χ1n) is 14.1. The number of morpholine rings is 1. The van der Waals surface area contributed by atoms with E-state index >= 15 is 0 Å². The summed E-state index contributed by atoms with van der Waals surface area (Å²) in [6, 6.07) is 6.45. The van der Waals surface area contributed by atoms with E-state index in [0.717, 1.165) is 43.7 Å². The predicted molar refractivity (Wildman–Crippen MR) is 151 cm³/mol. The Bertz CT molecular complexity index is 1390. The van der Waals surface area contributed by atoms with Crippen molar-refractivity contribution < 1.29 is 27.8 Å². The Labute approximate surface area is 234 Å². The molecule has 216 valence electrons. The number of amides is 1. The van der Waals surface area contributed by atoms with Gasteiger partial charge in [0.2, 0.25) is 10.0 Å². The molecule has 6 rings (SSSR count). The molecule has 1 atom stereocenters. The summed E-state index contributed by atoms with van der Waals surface area (Å²) < 4.78 is 39.7. The maximum atomic E-state index is 13.7. The van der Waals surface area contributed by atoms with Gasteiger partial charge in [0.25, 0.3) is 5.91 Å². The van der Waals surface area contributed by atoms with Gasteiger partial charge in [-0.05, 0) is 62.3 Å². The summed E-state index contributed by atoms with van der Waals surface area (Å²) in [5.74, 6) is 1.57. The smallest absolute Gasteiger partial charge is 0.258 e. The molecule has 3 fully saturated rings. The highest BCUT2D eigenvalue weighted by Crippen LogP contribution is 2.54. The summed E-state index contributed by atoms with van der Waals surface area (Å²) in [6.45, 7) is 5.71. The number of carbonyl (C=O) groups is 1. The number of nitrogens with one attached hydrogen (secondary N) is 2. The van der Waals surface area contributed by atoms with Crippen molar-refractivity contribution in [2.24, 2.45) is 5.41 Å². The van der Waals surface area contributed by atoms with Gasteiger partial charge in [-0.25, -0.2) is 18.1 Å². The van der Waals surface area contributed by atoms with Gasteiger partial charge in [0.05, 0.1) is 42.1 Å². The van der Waals surface area contributed by atoms with Gasteiger partial charge in [0, 0.05) is 44.7 Å². The first-order chi connectivity index (χ1) is 19.3. The standard InChI is InChI=1S/C28H37N5O6S/c1-19-18-33(12-15-38-19)26-25-20(4-14-39-25)16-24(30-26)31-27(35)22-3-2-21(40(36,37)29-9-13-34)17-23(22)32-10-7-28(5-6-28)8-11-32/h2-3,16-17,19,29,34H,4-15,18H2,1H3,(H,30,31,35)/t19-/m0/s1. The van der Waals surface area contributed by atoms with Crippen LogP contribution < -0.4 is 24.6 Å². The zero-order valence-electron chi connectivity index (χ0n) is 22.8. The summed E-state index contributed by atoms with van der Waals surface area (Å²) in [4.78, 5) is 22.9. The van der Waals surface area contributed by atoms with Crippen molar-refractivity contribution in [1.29, 1.82) is 0 Å². The quantitative estimate of drug-likeness (QED) is 0.436. The number of benzene rings is 1. The molecule has 0 unspecified atom stereocenters. The van der Waals surface area contributed by atoms with Crippen LogP contribution in [-0.4, -0.2) is 83.1 Å². The number of fused-ring (bicyclic) bond motifs is 1. The number of rotatable bonds is 8. The molecule has 3 aliphatic heterocycles. The number of carbonyl (C=O) groups excluding carboxylic acids is 1. The Morgan fingerprint density at radius 2 is 1.93 bits per heavy atom. The van der Waals surface area contributed by atoms with E-state index in [1.807, 2.05) is 13.0 Å². The van der Waals surface area contributed by atoms with Crippen molar-refractivity contribution in [3.8, 4) is 5.75 Å². The van der Waals surface area contributed by atoms with Gasteiger partial charge in [-0.3, -0.25) is 4.79 Å². The molecule has 1 aromatic carbocycles. The molecule has 2 aromatic rings. The van der Waals surface area contributed by atoms with Crippen LogP contribution in [-0.2, 0) is 21.2 Å². The van der Waals surface area contributed by atoms with Crippen LogP contribution >= 0.6 is 0 Å². The summed E-state index contributed by atoms with van der Waals surface area (Å²) in [5.41, 5.74) is 2.41. The van der Waals surface area contributed by atoms with E-state index in [9.17, 15) is 13.2 Å². The molecule has 1 amide bonds. The number of hydrogen-bond acceptors (Lipinski definition) is 9. The fraction of sp³-hybridized carbons (Fsp3) is 0.571. The van der Waals surface area contributed by atoms with Crippen LogP contribution in [0.5, 0.6) is 5.75 Å². The maximum Gasteiger partial charge on any atom is 0.258 e. The average molecular weight is 572 g/mol. The zero-order valence-corrected chi connectivity index (χ0v) is 23.6. The number of aliphatic hydroxyl groups excluding tert-OH is 1. The minimum atomic E-state index is -3.84. The third-order valence-corrected chi connectivity index (χ3v) is 9.94. The van der Waals surface area contributed by atoms with E-state index in [-0.39, 0.29) is 30.1 Å². The molecule has 11 nitrogen and oxygen atoms in total. The van der Waals surface area contributed by atoms with Crippen LogP contribution in [0.2, 0.25) is 0 Å². The molecule has 1 spiro atoms. The van der Waals surface area contributed by atoms with Crippen LogP contribution in [0.25, 0.3) is 0 Å². The van der Waals surface area contributed by atoms with Gasteiger partial charge in [0.15, 0.2) is 11.6 Å². The van der Waals surface area contributed by atoms with Gasteiger partial charge in [0.1, 0.15) is 5.82 Å². The van der Waals surface area contributed by atoms with Crippen LogP contribution in [0.15, 0.2) is 29.2 Å². The highest BCUT2D eigenvalue weighted by Gasteiger charge is 2.44. The van der Waals surface area contributed by atoms with Crippen LogP contribution in [0.4, 0.5) is 17.3 Å². The zero-order chi connectivity index (χ0) is 27.9. The molecule has 0 radical (unpaired) electrons. The first-order valence-corrected chi connectivity index (χ1v) is 15.6. The molecule has 12 heteroatoms. The SMILES string of the molecule is C[C@H]1CN(c2nc(NC(=O)c3ccc(S(=O)(=O)NCCO)cc3N3CCC4(CC3)CC4)cc3c2OCC3)CCO1. The van der Waals surface area contributed by atoms with Crippen molar-refractivity contribution >= 4 is 33.3 Å². The number of nitrogens with zero attached hydrogens (tertiary/aromatic N) is 3. The molecule has 1 aromatic heterocycles. The van der Waals surface area contributed by atoms with E-state index in [4.69, 9.17) is 19.6 Å². The van der Waals surface area contributed by atoms with Gasteiger partial charge >= 0.3 is 0 Å². The fourth-order valence-electron chi connectivity index (χ4n) is 5.94. The molecule has 40 heavy (non-hydrogen) atoms. The Kier molecular flexibility index (Phi) is 7.36. The van der Waals surface area contributed by atoms with E-state index in [1.54, 1.807) is 12.1 Å². The lowest BCUT2D eigenvalue weighted by Crippen LogP contribution is -2.41. The molecular weight excluding hydrogens is 534 g/mol. The number of aliphatic hydroxyl groups is 1. The second-order valence-electron chi connectivity index (χ2n) is 11.3. The Hall–Kier alpha value is -2.93. The third kappa shape index (κ3) is 5.50. The van der Waals surface area contributed by atoms with Crippen LogP contribution in [0.3, 0.4) is 0 Å². The lowest BCUT2D eigenvalue weighted by atomic mass is 9.93. The van der Waals surface area contributed by atoms with Gasteiger partial charge in [-0.2, -0.15) is 0 Å². The second kappa shape index (κ2) is 10.8. The minimum Gasteiger partial charge on any atom is -0.489 e. The lowest BCUT2D eigenvalue weighted by Gasteiger charge is -2.35. The minimum absolute atomic E-state index is 0.0643. The van der Waals surface area contributed by atoms with E-state index < -0.39 is 10.0 Å². The lowest BCUT2D eigenvalue weighted by molar-refractivity contribution is 0.0527. The number of anilines is 3. The summed E-state index contributed by atoms with van der Waals surface area (Å²) in [7, 11) is -3.84. The predicted octanol–water partition coefficient (Wildman–Crippen LogP) is 2.14. The third-order valence-electron chi connectivity index (χ3n) is 8.48. The summed E-state index contributed by atoms with van der Waals surface area (Å²) >= 11 is 0. The highest BCUT2D eigenvalue weighted by molar-refractivity contribution is 7.89. The molecular formula is C28H37N5O6S. The van der Waals surface area contributed by atoms with Crippen molar-refractivity contribution in [1.82, 2.24) is 9.71 Å². The number of piperidine rings is 1. The number of sulfonamides is 1. The molecule has 1 saturated carbocycles. The molecule has 4 heterocycles. The summed E-state index contributed by atoms with van der Waals surface area (Å²) in [6.07, 6.45) is 5.34. The normalized spacial score (nSPS) is 21.7. The van der Waals surface area contributed by atoms with Crippen molar-refractivity contribution in [3.05, 3.63) is 35.4 Å².